The first-order valence-electron chi connectivity index (χ1n) is 3.10. The summed E-state index contributed by atoms with van der Waals surface area (Å²) in [4.78, 5) is 0. The SMILES string of the molecule is C=CCOCC(C)CO. The second-order valence-corrected chi connectivity index (χ2v) is 2.11. The van der Waals surface area contributed by atoms with Crippen LogP contribution in [-0.2, 0) is 4.74 Å². The number of ether oxygens (including phenoxy) is 1. The average molecular weight is 130 g/mol. The van der Waals surface area contributed by atoms with Crippen molar-refractivity contribution in [1.29, 1.82) is 0 Å². The molecule has 0 amide bonds. The first kappa shape index (κ1) is 8.66. The number of rotatable bonds is 5. The Hall–Kier alpha value is -0.340. The van der Waals surface area contributed by atoms with Gasteiger partial charge in [-0.3, -0.25) is 0 Å². The molecule has 0 saturated carbocycles. The molecule has 1 unspecified atom stereocenters. The first-order valence-corrected chi connectivity index (χ1v) is 3.10. The molecule has 0 bridgehead atoms. The topological polar surface area (TPSA) is 29.5 Å². The van der Waals surface area contributed by atoms with Crippen LogP contribution in [0.25, 0.3) is 0 Å². The maximum Gasteiger partial charge on any atom is 0.0644 e. The third-order valence-corrected chi connectivity index (χ3v) is 0.950. The van der Waals surface area contributed by atoms with E-state index in [0.717, 1.165) is 0 Å². The van der Waals surface area contributed by atoms with E-state index >= 15 is 0 Å². The molecule has 54 valence electrons. The zero-order valence-electron chi connectivity index (χ0n) is 5.84. The van der Waals surface area contributed by atoms with Crippen molar-refractivity contribution in [1.82, 2.24) is 0 Å². The van der Waals surface area contributed by atoms with Gasteiger partial charge < -0.3 is 9.84 Å². The van der Waals surface area contributed by atoms with Crippen molar-refractivity contribution < 1.29 is 9.84 Å². The Morgan fingerprint density at radius 1 is 1.78 bits per heavy atom. The van der Waals surface area contributed by atoms with E-state index in [1.165, 1.54) is 0 Å². The molecule has 0 aromatic carbocycles. The molecule has 0 fully saturated rings. The second kappa shape index (κ2) is 5.79. The summed E-state index contributed by atoms with van der Waals surface area (Å²) in [5, 5.41) is 8.53. The predicted molar refractivity (Wildman–Crippen MR) is 37.3 cm³/mol. The highest BCUT2D eigenvalue weighted by molar-refractivity contribution is 4.64. The van der Waals surface area contributed by atoms with Crippen LogP contribution in [0.1, 0.15) is 6.92 Å². The summed E-state index contributed by atoms with van der Waals surface area (Å²) in [6.45, 7) is 6.81. The Balaban J connectivity index is 2.96. The van der Waals surface area contributed by atoms with E-state index in [9.17, 15) is 0 Å². The van der Waals surface area contributed by atoms with E-state index in [-0.39, 0.29) is 12.5 Å². The summed E-state index contributed by atoms with van der Waals surface area (Å²) in [5.41, 5.74) is 0. The molecule has 0 saturated heterocycles. The molecule has 0 aliphatic carbocycles. The lowest BCUT2D eigenvalue weighted by atomic mass is 10.2. The van der Waals surface area contributed by atoms with Crippen molar-refractivity contribution in [2.75, 3.05) is 19.8 Å². The van der Waals surface area contributed by atoms with Gasteiger partial charge in [0.05, 0.1) is 13.2 Å². The monoisotopic (exact) mass is 130 g/mol. The van der Waals surface area contributed by atoms with Gasteiger partial charge in [-0.15, -0.1) is 6.58 Å². The van der Waals surface area contributed by atoms with Crippen LogP contribution in [0.4, 0.5) is 0 Å². The molecular formula is C7H14O2. The predicted octanol–water partition coefficient (Wildman–Crippen LogP) is 0.817. The van der Waals surface area contributed by atoms with E-state index in [4.69, 9.17) is 9.84 Å². The highest BCUT2D eigenvalue weighted by atomic mass is 16.5. The van der Waals surface area contributed by atoms with Crippen molar-refractivity contribution in [2.24, 2.45) is 5.92 Å². The van der Waals surface area contributed by atoms with Crippen LogP contribution in [0, 0.1) is 5.92 Å². The summed E-state index contributed by atoms with van der Waals surface area (Å²) in [6, 6.07) is 0. The molecule has 1 atom stereocenters. The lowest BCUT2D eigenvalue weighted by Crippen LogP contribution is -2.09. The summed E-state index contributed by atoms with van der Waals surface area (Å²) in [5.74, 6) is 0.241. The van der Waals surface area contributed by atoms with Gasteiger partial charge in [0.25, 0.3) is 0 Å². The van der Waals surface area contributed by atoms with E-state index in [2.05, 4.69) is 6.58 Å². The van der Waals surface area contributed by atoms with Crippen LogP contribution in [0.5, 0.6) is 0 Å². The smallest absolute Gasteiger partial charge is 0.0644 e. The fourth-order valence-corrected chi connectivity index (χ4v) is 0.405. The standard InChI is InChI=1S/C7H14O2/c1-3-4-9-6-7(2)5-8/h3,7-8H,1,4-6H2,2H3. The van der Waals surface area contributed by atoms with Gasteiger partial charge in [0, 0.05) is 12.5 Å². The van der Waals surface area contributed by atoms with Gasteiger partial charge in [-0.05, 0) is 0 Å². The van der Waals surface area contributed by atoms with Crippen LogP contribution >= 0.6 is 0 Å². The Labute approximate surface area is 56.1 Å². The maximum atomic E-state index is 8.53. The number of hydrogen-bond acceptors (Lipinski definition) is 2. The van der Waals surface area contributed by atoms with Crippen molar-refractivity contribution in [3.63, 3.8) is 0 Å². The van der Waals surface area contributed by atoms with Gasteiger partial charge in [0.15, 0.2) is 0 Å². The summed E-state index contributed by atoms with van der Waals surface area (Å²) in [7, 11) is 0. The van der Waals surface area contributed by atoms with Crippen LogP contribution < -0.4 is 0 Å². The van der Waals surface area contributed by atoms with Crippen LogP contribution in [-0.4, -0.2) is 24.9 Å². The molecule has 0 heterocycles. The molecule has 0 rings (SSSR count). The van der Waals surface area contributed by atoms with Gasteiger partial charge >= 0.3 is 0 Å². The Bertz CT molecular complexity index is 71.3. The highest BCUT2D eigenvalue weighted by Crippen LogP contribution is 1.92. The van der Waals surface area contributed by atoms with Crippen LogP contribution in [0.2, 0.25) is 0 Å². The molecule has 0 aromatic rings. The van der Waals surface area contributed by atoms with Crippen LogP contribution in [0.3, 0.4) is 0 Å². The Kier molecular flexibility index (Phi) is 5.57. The van der Waals surface area contributed by atoms with Gasteiger partial charge in [0.1, 0.15) is 0 Å². The molecule has 1 N–H and O–H groups in total. The fourth-order valence-electron chi connectivity index (χ4n) is 0.405. The summed E-state index contributed by atoms with van der Waals surface area (Å²) >= 11 is 0. The highest BCUT2D eigenvalue weighted by Gasteiger charge is 1.96. The third-order valence-electron chi connectivity index (χ3n) is 0.950. The normalized spacial score (nSPS) is 13.1. The van der Waals surface area contributed by atoms with Gasteiger partial charge in [-0.2, -0.15) is 0 Å². The largest absolute Gasteiger partial charge is 0.396 e. The maximum absolute atomic E-state index is 8.53. The number of aliphatic hydroxyl groups is 1. The molecule has 0 radical (unpaired) electrons. The van der Waals surface area contributed by atoms with Gasteiger partial charge in [-0.25, -0.2) is 0 Å². The van der Waals surface area contributed by atoms with E-state index in [1.54, 1.807) is 6.08 Å². The molecule has 2 nitrogen and oxygen atoms in total. The molecule has 2 heteroatoms. The number of aliphatic hydroxyl groups excluding tert-OH is 1. The third kappa shape index (κ3) is 5.53. The quantitative estimate of drug-likeness (QED) is 0.441. The summed E-state index contributed by atoms with van der Waals surface area (Å²) in [6.07, 6.45) is 1.70. The summed E-state index contributed by atoms with van der Waals surface area (Å²) < 4.78 is 5.06. The number of hydrogen-bond donors (Lipinski definition) is 1. The van der Waals surface area contributed by atoms with E-state index in [1.807, 2.05) is 6.92 Å². The van der Waals surface area contributed by atoms with E-state index < -0.39 is 0 Å². The zero-order valence-corrected chi connectivity index (χ0v) is 5.84. The first-order chi connectivity index (χ1) is 4.31. The van der Waals surface area contributed by atoms with Gasteiger partial charge in [-0.1, -0.05) is 13.0 Å². The molecule has 9 heavy (non-hydrogen) atoms. The van der Waals surface area contributed by atoms with Gasteiger partial charge in [0.2, 0.25) is 0 Å². The average Bonchev–Trinajstić information content (AvgIpc) is 1.89. The van der Waals surface area contributed by atoms with E-state index in [0.29, 0.717) is 13.2 Å². The molecule has 0 spiro atoms. The minimum absolute atomic E-state index is 0.192. The zero-order chi connectivity index (χ0) is 7.11. The molecule has 0 aliphatic rings. The van der Waals surface area contributed by atoms with Crippen LogP contribution in [0.15, 0.2) is 12.7 Å². The molecule has 0 aromatic heterocycles. The molecular weight excluding hydrogens is 116 g/mol. The van der Waals surface area contributed by atoms with Crippen molar-refractivity contribution in [2.45, 2.75) is 6.92 Å². The van der Waals surface area contributed by atoms with Crippen molar-refractivity contribution >= 4 is 0 Å². The van der Waals surface area contributed by atoms with Crippen molar-refractivity contribution in [3.05, 3.63) is 12.7 Å². The second-order valence-electron chi connectivity index (χ2n) is 2.11. The fraction of sp³-hybridized carbons (Fsp3) is 0.714. The lowest BCUT2D eigenvalue weighted by molar-refractivity contribution is 0.0978. The lowest BCUT2D eigenvalue weighted by Gasteiger charge is -2.05. The Morgan fingerprint density at radius 2 is 2.44 bits per heavy atom. The minimum atomic E-state index is 0.192. The molecule has 0 aliphatic heterocycles. The Morgan fingerprint density at radius 3 is 2.89 bits per heavy atom. The minimum Gasteiger partial charge on any atom is -0.396 e. The van der Waals surface area contributed by atoms with Crippen molar-refractivity contribution in [3.8, 4) is 0 Å².